The van der Waals surface area contributed by atoms with Gasteiger partial charge in [0.05, 0.1) is 10.9 Å². The summed E-state index contributed by atoms with van der Waals surface area (Å²) in [6.45, 7) is 2.51. The lowest BCUT2D eigenvalue weighted by Gasteiger charge is -2.19. The van der Waals surface area contributed by atoms with Crippen molar-refractivity contribution in [3.8, 4) is 11.5 Å². The second-order valence-electron chi connectivity index (χ2n) is 7.92. The van der Waals surface area contributed by atoms with Gasteiger partial charge in [-0.15, -0.1) is 11.3 Å². The van der Waals surface area contributed by atoms with Crippen LogP contribution in [0.5, 0.6) is 11.5 Å². The molecule has 35 heavy (non-hydrogen) atoms. The fourth-order valence-corrected chi connectivity index (χ4v) is 4.51. The molecule has 3 heterocycles. The highest BCUT2D eigenvalue weighted by atomic mass is 32.1. The molecule has 1 aliphatic heterocycles. The Bertz CT molecular complexity index is 1450. The molecule has 9 nitrogen and oxygen atoms in total. The highest BCUT2D eigenvalue weighted by Crippen LogP contribution is 2.35. The number of rotatable bonds is 7. The maximum Gasteiger partial charge on any atom is 0.257 e. The summed E-state index contributed by atoms with van der Waals surface area (Å²) >= 11 is 1.28. The SMILES string of the molecule is CCn1cc(C(=O)N[C@H](Cc2ccccc2)C(=O)Nc2nccs2)c(=O)c2cc3c(cc21)OCO3. The molecular formula is C25H22N4O5S. The molecule has 0 aliphatic carbocycles. The van der Waals surface area contributed by atoms with Gasteiger partial charge in [0.1, 0.15) is 11.6 Å². The Balaban J connectivity index is 1.48. The van der Waals surface area contributed by atoms with E-state index in [4.69, 9.17) is 9.47 Å². The lowest BCUT2D eigenvalue weighted by Crippen LogP contribution is -2.46. The Morgan fingerprint density at radius 2 is 1.94 bits per heavy atom. The number of hydrogen-bond acceptors (Lipinski definition) is 7. The Kier molecular flexibility index (Phi) is 6.19. The zero-order valence-electron chi connectivity index (χ0n) is 18.8. The van der Waals surface area contributed by atoms with Gasteiger partial charge in [0.2, 0.25) is 18.1 Å². The molecule has 2 aromatic carbocycles. The number of fused-ring (bicyclic) bond motifs is 2. The zero-order chi connectivity index (χ0) is 24.4. The molecule has 1 atom stereocenters. The van der Waals surface area contributed by atoms with E-state index in [0.717, 1.165) is 5.56 Å². The van der Waals surface area contributed by atoms with Gasteiger partial charge < -0.3 is 24.7 Å². The largest absolute Gasteiger partial charge is 0.454 e. The Morgan fingerprint density at radius 3 is 2.66 bits per heavy atom. The second kappa shape index (κ2) is 9.59. The summed E-state index contributed by atoms with van der Waals surface area (Å²) in [5.74, 6) is -0.0400. The third kappa shape index (κ3) is 4.60. The lowest BCUT2D eigenvalue weighted by atomic mass is 10.0. The minimum Gasteiger partial charge on any atom is -0.454 e. The van der Waals surface area contributed by atoms with Crippen LogP contribution < -0.4 is 25.5 Å². The van der Waals surface area contributed by atoms with Gasteiger partial charge in [-0.3, -0.25) is 14.4 Å². The minimum absolute atomic E-state index is 0.0571. The molecule has 5 rings (SSSR count). The van der Waals surface area contributed by atoms with Gasteiger partial charge in [-0.1, -0.05) is 30.3 Å². The number of aryl methyl sites for hydroxylation is 1. The summed E-state index contributed by atoms with van der Waals surface area (Å²) in [4.78, 5) is 43.8. The Morgan fingerprint density at radius 1 is 1.17 bits per heavy atom. The highest BCUT2D eigenvalue weighted by Gasteiger charge is 2.26. The van der Waals surface area contributed by atoms with Crippen molar-refractivity contribution in [2.45, 2.75) is 25.9 Å². The standard InChI is InChI=1S/C25H22N4O5S/c1-2-29-13-17(22(30)16-11-20-21(12-19(16)29)34-14-33-20)23(31)27-18(10-15-6-4-3-5-7-15)24(32)28-25-26-8-9-35-25/h3-9,11-13,18H,2,10,14H2,1H3,(H,27,31)(H,26,28,32)/t18-/m1/s1. The number of carbonyl (C=O) groups excluding carboxylic acids is 2. The monoisotopic (exact) mass is 490 g/mol. The van der Waals surface area contributed by atoms with Crippen LogP contribution in [0.15, 0.2) is 65.0 Å². The van der Waals surface area contributed by atoms with Crippen LogP contribution in [0.25, 0.3) is 10.9 Å². The molecule has 0 fully saturated rings. The molecule has 0 bridgehead atoms. The van der Waals surface area contributed by atoms with Crippen molar-refractivity contribution in [3.05, 3.63) is 81.6 Å². The van der Waals surface area contributed by atoms with Crippen LogP contribution in [0.4, 0.5) is 5.13 Å². The predicted molar refractivity (Wildman–Crippen MR) is 132 cm³/mol. The van der Waals surface area contributed by atoms with Crippen molar-refractivity contribution in [1.82, 2.24) is 14.9 Å². The number of hydrogen-bond donors (Lipinski definition) is 2. The topological polar surface area (TPSA) is 112 Å². The van der Waals surface area contributed by atoms with Crippen LogP contribution in [0.2, 0.25) is 0 Å². The Labute approximate surface area is 204 Å². The number of carbonyl (C=O) groups is 2. The molecule has 2 N–H and O–H groups in total. The number of thiazole rings is 1. The third-order valence-corrected chi connectivity index (χ3v) is 6.42. The van der Waals surface area contributed by atoms with E-state index in [2.05, 4.69) is 15.6 Å². The van der Waals surface area contributed by atoms with Crippen molar-refractivity contribution in [3.63, 3.8) is 0 Å². The molecule has 2 aromatic heterocycles. The summed E-state index contributed by atoms with van der Waals surface area (Å²) in [6, 6.07) is 11.8. The van der Waals surface area contributed by atoms with Gasteiger partial charge in [0, 0.05) is 36.8 Å². The first-order valence-corrected chi connectivity index (χ1v) is 11.9. The molecule has 0 radical (unpaired) electrons. The molecule has 0 spiro atoms. The fourth-order valence-electron chi connectivity index (χ4n) is 3.98. The summed E-state index contributed by atoms with van der Waals surface area (Å²) in [5, 5.41) is 8.01. The number of anilines is 1. The second-order valence-corrected chi connectivity index (χ2v) is 8.82. The van der Waals surface area contributed by atoms with Crippen LogP contribution in [-0.4, -0.2) is 34.2 Å². The number of nitrogens with one attached hydrogen (secondary N) is 2. The van der Waals surface area contributed by atoms with E-state index in [0.29, 0.717) is 34.1 Å². The minimum atomic E-state index is -0.921. The van der Waals surface area contributed by atoms with E-state index in [9.17, 15) is 14.4 Å². The van der Waals surface area contributed by atoms with Gasteiger partial charge >= 0.3 is 0 Å². The van der Waals surface area contributed by atoms with E-state index >= 15 is 0 Å². The highest BCUT2D eigenvalue weighted by molar-refractivity contribution is 7.13. The van der Waals surface area contributed by atoms with Gasteiger partial charge in [-0.2, -0.15) is 0 Å². The van der Waals surface area contributed by atoms with Crippen molar-refractivity contribution < 1.29 is 19.1 Å². The van der Waals surface area contributed by atoms with Crippen molar-refractivity contribution in [1.29, 1.82) is 0 Å². The number of benzene rings is 2. The Hall–Kier alpha value is -4.18. The fraction of sp³-hybridized carbons (Fsp3) is 0.200. The van der Waals surface area contributed by atoms with Crippen molar-refractivity contribution in [2.24, 2.45) is 0 Å². The number of pyridine rings is 1. The molecular weight excluding hydrogens is 468 g/mol. The van der Waals surface area contributed by atoms with Crippen LogP contribution in [0.3, 0.4) is 0 Å². The van der Waals surface area contributed by atoms with Crippen molar-refractivity contribution in [2.75, 3.05) is 12.1 Å². The number of nitrogens with zero attached hydrogens (tertiary/aromatic N) is 2. The molecule has 1 aliphatic rings. The summed E-state index contributed by atoms with van der Waals surface area (Å²) in [7, 11) is 0. The first-order valence-electron chi connectivity index (χ1n) is 11.1. The van der Waals surface area contributed by atoms with E-state index in [1.54, 1.807) is 28.3 Å². The summed E-state index contributed by atoms with van der Waals surface area (Å²) in [6.07, 6.45) is 3.34. The van der Waals surface area contributed by atoms with E-state index < -0.39 is 23.3 Å². The molecule has 2 amide bonds. The molecule has 178 valence electrons. The quantitative estimate of drug-likeness (QED) is 0.412. The maximum absolute atomic E-state index is 13.3. The average molecular weight is 491 g/mol. The zero-order valence-corrected chi connectivity index (χ0v) is 19.6. The third-order valence-electron chi connectivity index (χ3n) is 5.73. The van der Waals surface area contributed by atoms with E-state index in [1.165, 1.54) is 17.5 Å². The van der Waals surface area contributed by atoms with Crippen LogP contribution >= 0.6 is 11.3 Å². The number of amides is 2. The van der Waals surface area contributed by atoms with E-state index in [-0.39, 0.29) is 18.8 Å². The molecule has 0 saturated heterocycles. The summed E-state index contributed by atoms with van der Waals surface area (Å²) < 4.78 is 12.7. The van der Waals surface area contributed by atoms with Gasteiger partial charge in [0.25, 0.3) is 5.91 Å². The molecule has 10 heteroatoms. The summed E-state index contributed by atoms with van der Waals surface area (Å²) in [5.41, 5.74) is 1.00. The molecule has 0 saturated carbocycles. The van der Waals surface area contributed by atoms with Crippen LogP contribution in [-0.2, 0) is 17.8 Å². The first-order chi connectivity index (χ1) is 17.0. The van der Waals surface area contributed by atoms with Crippen LogP contribution in [0, 0.1) is 0 Å². The van der Waals surface area contributed by atoms with Gasteiger partial charge in [0.15, 0.2) is 16.6 Å². The predicted octanol–water partition coefficient (Wildman–Crippen LogP) is 3.19. The maximum atomic E-state index is 13.3. The normalized spacial score (nSPS) is 12.9. The number of aromatic nitrogens is 2. The van der Waals surface area contributed by atoms with E-state index in [1.807, 2.05) is 37.3 Å². The number of ether oxygens (including phenoxy) is 2. The van der Waals surface area contributed by atoms with Gasteiger partial charge in [-0.25, -0.2) is 4.98 Å². The molecule has 0 unspecified atom stereocenters. The average Bonchev–Trinajstić information content (AvgIpc) is 3.55. The lowest BCUT2D eigenvalue weighted by molar-refractivity contribution is -0.118. The molecule has 4 aromatic rings. The van der Waals surface area contributed by atoms with Crippen molar-refractivity contribution >= 4 is 39.2 Å². The smallest absolute Gasteiger partial charge is 0.257 e. The van der Waals surface area contributed by atoms with Gasteiger partial charge in [-0.05, 0) is 18.6 Å². The van der Waals surface area contributed by atoms with Crippen LogP contribution in [0.1, 0.15) is 22.8 Å². The first kappa shape index (κ1) is 22.6.